The largest absolute Gasteiger partial charge is 0.376 e. The molecule has 0 aliphatic heterocycles. The minimum absolute atomic E-state index is 0.370. The molecule has 1 rings (SSSR count). The van der Waals surface area contributed by atoms with Gasteiger partial charge in [0.15, 0.2) is 0 Å². The molecule has 0 fully saturated rings. The topological polar surface area (TPSA) is 56.5 Å². The molecule has 0 aromatic heterocycles. The summed E-state index contributed by atoms with van der Waals surface area (Å²) in [6.07, 6.45) is 3.58. The molecule has 0 spiro atoms. The van der Waals surface area contributed by atoms with E-state index < -0.39 is 9.73 Å². The van der Waals surface area contributed by atoms with Crippen LogP contribution in [0.1, 0.15) is 5.56 Å². The molecule has 1 aromatic carbocycles. The Balaban J connectivity index is 3.34. The monoisotopic (exact) mass is 251 g/mol. The molecule has 0 aliphatic rings. The Morgan fingerprint density at radius 3 is 2.53 bits per heavy atom. The fourth-order valence-electron chi connectivity index (χ4n) is 1.44. The smallest absolute Gasteiger partial charge is 0.0963 e. The molecule has 1 aromatic rings. The van der Waals surface area contributed by atoms with Crippen molar-refractivity contribution >= 4 is 21.1 Å². The van der Waals surface area contributed by atoms with Crippen LogP contribution < -0.4 is 4.90 Å². The van der Waals surface area contributed by atoms with Crippen LogP contribution in [0.4, 0.5) is 11.4 Å². The fourth-order valence-corrected chi connectivity index (χ4v) is 2.07. The summed E-state index contributed by atoms with van der Waals surface area (Å²) >= 11 is 0. The Kier molecular flexibility index (Phi) is 4.13. The van der Waals surface area contributed by atoms with Gasteiger partial charge >= 0.3 is 0 Å². The minimum atomic E-state index is -2.18. The summed E-state index contributed by atoms with van der Waals surface area (Å²) in [6.45, 7) is 0. The highest BCUT2D eigenvalue weighted by Gasteiger charge is 2.06. The molecular formula is C12H17N3OS. The molecule has 0 aliphatic carbocycles. The van der Waals surface area contributed by atoms with Crippen LogP contribution in [0.2, 0.25) is 0 Å². The summed E-state index contributed by atoms with van der Waals surface area (Å²) in [7, 11) is 1.63. The SMILES string of the molecule is CN(C)c1cc(CC#N)ccc1N=S(C)(C)=O. The van der Waals surface area contributed by atoms with Crippen molar-refractivity contribution in [3.8, 4) is 6.07 Å². The summed E-state index contributed by atoms with van der Waals surface area (Å²) in [6, 6.07) is 7.68. The van der Waals surface area contributed by atoms with Crippen LogP contribution in [-0.2, 0) is 16.1 Å². The molecule has 0 N–H and O–H groups in total. The van der Waals surface area contributed by atoms with E-state index >= 15 is 0 Å². The second-order valence-corrected chi connectivity index (χ2v) is 6.87. The second-order valence-electron chi connectivity index (χ2n) is 4.32. The minimum Gasteiger partial charge on any atom is -0.376 e. The van der Waals surface area contributed by atoms with E-state index in [2.05, 4.69) is 10.4 Å². The highest BCUT2D eigenvalue weighted by Crippen LogP contribution is 2.29. The Hall–Kier alpha value is -1.54. The zero-order valence-electron chi connectivity index (χ0n) is 10.6. The lowest BCUT2D eigenvalue weighted by molar-refractivity contribution is 0.684. The average molecular weight is 251 g/mol. The number of benzene rings is 1. The van der Waals surface area contributed by atoms with Gasteiger partial charge in [0.25, 0.3) is 0 Å². The second kappa shape index (κ2) is 5.19. The maximum absolute atomic E-state index is 11.7. The van der Waals surface area contributed by atoms with Gasteiger partial charge in [0.1, 0.15) is 0 Å². The number of nitriles is 1. The van der Waals surface area contributed by atoms with Gasteiger partial charge < -0.3 is 4.90 Å². The maximum atomic E-state index is 11.7. The normalized spacial score (nSPS) is 10.8. The van der Waals surface area contributed by atoms with Gasteiger partial charge in [0, 0.05) is 36.3 Å². The van der Waals surface area contributed by atoms with Crippen molar-refractivity contribution in [2.24, 2.45) is 4.36 Å². The van der Waals surface area contributed by atoms with Crippen molar-refractivity contribution in [3.05, 3.63) is 23.8 Å². The van der Waals surface area contributed by atoms with Gasteiger partial charge in [-0.25, -0.2) is 4.21 Å². The third kappa shape index (κ3) is 4.08. The van der Waals surface area contributed by atoms with Crippen LogP contribution >= 0.6 is 0 Å². The fraction of sp³-hybridized carbons (Fsp3) is 0.417. The molecule has 0 unspecified atom stereocenters. The first kappa shape index (κ1) is 13.5. The van der Waals surface area contributed by atoms with E-state index in [1.807, 2.05) is 37.2 Å². The van der Waals surface area contributed by atoms with E-state index in [9.17, 15) is 4.21 Å². The lowest BCUT2D eigenvalue weighted by Crippen LogP contribution is -2.09. The average Bonchev–Trinajstić information content (AvgIpc) is 2.18. The number of hydrogen-bond donors (Lipinski definition) is 0. The molecule has 0 atom stereocenters. The van der Waals surface area contributed by atoms with Crippen molar-refractivity contribution in [3.63, 3.8) is 0 Å². The van der Waals surface area contributed by atoms with Crippen LogP contribution in [0.5, 0.6) is 0 Å². The quantitative estimate of drug-likeness (QED) is 0.827. The lowest BCUT2D eigenvalue weighted by atomic mass is 10.1. The Morgan fingerprint density at radius 2 is 2.06 bits per heavy atom. The van der Waals surface area contributed by atoms with Gasteiger partial charge in [-0.2, -0.15) is 9.62 Å². The summed E-state index contributed by atoms with van der Waals surface area (Å²) < 4.78 is 15.9. The van der Waals surface area contributed by atoms with Crippen LogP contribution in [-0.4, -0.2) is 30.8 Å². The van der Waals surface area contributed by atoms with Gasteiger partial charge in [-0.15, -0.1) is 0 Å². The third-order valence-corrected chi connectivity index (χ3v) is 2.76. The van der Waals surface area contributed by atoms with Gasteiger partial charge in [-0.05, 0) is 17.7 Å². The highest BCUT2D eigenvalue weighted by atomic mass is 32.2. The zero-order chi connectivity index (χ0) is 13.1. The summed E-state index contributed by atoms with van der Waals surface area (Å²) in [4.78, 5) is 1.91. The molecule has 17 heavy (non-hydrogen) atoms. The molecule has 4 nitrogen and oxygen atoms in total. The molecule has 0 heterocycles. The van der Waals surface area contributed by atoms with E-state index in [0.717, 1.165) is 11.3 Å². The van der Waals surface area contributed by atoms with E-state index in [0.29, 0.717) is 12.1 Å². The standard InChI is InChI=1S/C12H17N3OS/c1-15(2)12-9-10(7-8-13)5-6-11(12)14-17(3,4)16/h5-6,9H,7H2,1-4H3. The van der Waals surface area contributed by atoms with Crippen LogP contribution in [0.25, 0.3) is 0 Å². The Labute approximate surface area is 103 Å². The number of anilines is 1. The predicted molar refractivity (Wildman–Crippen MR) is 72.2 cm³/mol. The van der Waals surface area contributed by atoms with Crippen molar-refractivity contribution in [1.82, 2.24) is 0 Å². The molecule has 0 bridgehead atoms. The van der Waals surface area contributed by atoms with Crippen molar-refractivity contribution in [2.75, 3.05) is 31.5 Å². The molecule has 0 radical (unpaired) electrons. The Bertz CT molecular complexity index is 556. The number of rotatable bonds is 3. The lowest BCUT2D eigenvalue weighted by Gasteiger charge is -2.16. The molecule has 0 saturated carbocycles. The first-order valence-electron chi connectivity index (χ1n) is 5.18. The van der Waals surface area contributed by atoms with Crippen molar-refractivity contribution in [1.29, 1.82) is 5.26 Å². The molecule has 5 heteroatoms. The maximum Gasteiger partial charge on any atom is 0.0963 e. The van der Waals surface area contributed by atoms with Crippen LogP contribution in [0.3, 0.4) is 0 Å². The third-order valence-electron chi connectivity index (χ3n) is 2.12. The first-order chi connectivity index (χ1) is 7.83. The van der Waals surface area contributed by atoms with Crippen LogP contribution in [0.15, 0.2) is 22.6 Å². The highest BCUT2D eigenvalue weighted by molar-refractivity contribution is 7.92. The van der Waals surface area contributed by atoms with Crippen LogP contribution in [0, 0.1) is 11.3 Å². The Morgan fingerprint density at radius 1 is 1.41 bits per heavy atom. The predicted octanol–water partition coefficient (Wildman–Crippen LogP) is 2.18. The number of hydrogen-bond acceptors (Lipinski definition) is 4. The first-order valence-corrected chi connectivity index (χ1v) is 7.51. The molecule has 0 saturated heterocycles. The van der Waals surface area contributed by atoms with E-state index in [-0.39, 0.29) is 0 Å². The van der Waals surface area contributed by atoms with Crippen molar-refractivity contribution in [2.45, 2.75) is 6.42 Å². The summed E-state index contributed by atoms with van der Waals surface area (Å²) in [5, 5.41) is 8.67. The molecule has 0 amide bonds. The molecule has 92 valence electrons. The summed E-state index contributed by atoms with van der Waals surface area (Å²) in [5.74, 6) is 0. The van der Waals surface area contributed by atoms with Crippen molar-refractivity contribution < 1.29 is 4.21 Å². The van der Waals surface area contributed by atoms with Gasteiger partial charge in [-0.3, -0.25) is 0 Å². The number of nitrogens with zero attached hydrogens (tertiary/aromatic N) is 3. The molecular weight excluding hydrogens is 234 g/mol. The summed E-state index contributed by atoms with van der Waals surface area (Å²) in [5.41, 5.74) is 2.52. The van der Waals surface area contributed by atoms with E-state index in [1.165, 1.54) is 0 Å². The van der Waals surface area contributed by atoms with E-state index in [1.54, 1.807) is 12.5 Å². The van der Waals surface area contributed by atoms with E-state index in [4.69, 9.17) is 5.26 Å². The van der Waals surface area contributed by atoms with Gasteiger partial charge in [0.05, 0.1) is 23.9 Å². The zero-order valence-corrected chi connectivity index (χ0v) is 11.4. The van der Waals surface area contributed by atoms with Gasteiger partial charge in [-0.1, -0.05) is 6.07 Å². The van der Waals surface area contributed by atoms with Gasteiger partial charge in [0.2, 0.25) is 0 Å².